The number of halogens is 1. The lowest BCUT2D eigenvalue weighted by atomic mass is 10.2. The molecule has 56 valence electrons. The molecule has 0 bridgehead atoms. The molecule has 0 saturated heterocycles. The van der Waals surface area contributed by atoms with Gasteiger partial charge in [0, 0.05) is 5.56 Å². The van der Waals surface area contributed by atoms with Crippen LogP contribution in [0.2, 0.25) is 0 Å². The molecule has 0 N–H and O–H groups in total. The summed E-state index contributed by atoms with van der Waals surface area (Å²) in [5.41, 5.74) is 0.590. The third kappa shape index (κ3) is 2.04. The van der Waals surface area contributed by atoms with E-state index >= 15 is 0 Å². The van der Waals surface area contributed by atoms with Crippen molar-refractivity contribution < 1.29 is 4.39 Å². The molecule has 0 aliphatic rings. The Morgan fingerprint density at radius 2 is 2.00 bits per heavy atom. The third-order valence-electron chi connectivity index (χ3n) is 1.32. The van der Waals surface area contributed by atoms with Crippen LogP contribution in [0.1, 0.15) is 5.56 Å². The topological polar surface area (TPSA) is 0 Å². The van der Waals surface area contributed by atoms with Gasteiger partial charge in [-0.2, -0.15) is 0 Å². The Hall–Kier alpha value is -1.37. The van der Waals surface area contributed by atoms with Crippen molar-refractivity contribution in [3.05, 3.63) is 54.4 Å². The minimum atomic E-state index is -0.203. The van der Waals surface area contributed by atoms with Crippen LogP contribution in [0.3, 0.4) is 0 Å². The van der Waals surface area contributed by atoms with Crippen molar-refractivity contribution in [3.63, 3.8) is 0 Å². The maximum absolute atomic E-state index is 12.8. The minimum Gasteiger partial charge on any atom is -0.206 e. The van der Waals surface area contributed by atoms with Crippen molar-refractivity contribution in [2.75, 3.05) is 0 Å². The Kier molecular flexibility index (Phi) is 2.61. The number of hydrogen-bond donors (Lipinski definition) is 0. The minimum absolute atomic E-state index is 0.203. The van der Waals surface area contributed by atoms with Gasteiger partial charge in [0.15, 0.2) is 0 Å². The average Bonchev–Trinajstić information content (AvgIpc) is 2.03. The van der Waals surface area contributed by atoms with Gasteiger partial charge in [-0.3, -0.25) is 0 Å². The number of rotatable bonds is 2. The molecular weight excluding hydrogens is 139 g/mol. The molecule has 0 aliphatic heterocycles. The monoisotopic (exact) mass is 148 g/mol. The highest BCUT2D eigenvalue weighted by atomic mass is 19.1. The van der Waals surface area contributed by atoms with Gasteiger partial charge in [0.1, 0.15) is 5.82 Å². The highest BCUT2D eigenvalue weighted by molar-refractivity contribution is 5.51. The largest absolute Gasteiger partial charge is 0.206 e. The van der Waals surface area contributed by atoms with Gasteiger partial charge in [-0.15, -0.1) is 0 Å². The standard InChI is InChI=1S/C10H9F/c1-2-3-6-9-7-4-5-8-10(9)11/h2-8H,1H2/b6-3-. The van der Waals surface area contributed by atoms with Gasteiger partial charge < -0.3 is 0 Å². The number of hydrogen-bond acceptors (Lipinski definition) is 0. The van der Waals surface area contributed by atoms with Crippen molar-refractivity contribution in [1.82, 2.24) is 0 Å². The van der Waals surface area contributed by atoms with Gasteiger partial charge in [-0.1, -0.05) is 43.0 Å². The maximum atomic E-state index is 12.8. The zero-order valence-corrected chi connectivity index (χ0v) is 6.13. The summed E-state index contributed by atoms with van der Waals surface area (Å²) in [6.07, 6.45) is 5.01. The molecule has 0 atom stereocenters. The fraction of sp³-hybridized carbons (Fsp3) is 0. The van der Waals surface area contributed by atoms with Gasteiger partial charge in [-0.25, -0.2) is 4.39 Å². The summed E-state index contributed by atoms with van der Waals surface area (Å²) >= 11 is 0. The van der Waals surface area contributed by atoms with Crippen LogP contribution in [-0.2, 0) is 0 Å². The molecule has 0 heterocycles. The van der Waals surface area contributed by atoms with Crippen LogP contribution in [-0.4, -0.2) is 0 Å². The van der Waals surface area contributed by atoms with Crippen LogP contribution in [0.15, 0.2) is 43.0 Å². The van der Waals surface area contributed by atoms with Gasteiger partial charge in [0.05, 0.1) is 0 Å². The Labute approximate surface area is 65.7 Å². The molecule has 0 aromatic heterocycles. The van der Waals surface area contributed by atoms with E-state index in [2.05, 4.69) is 6.58 Å². The molecule has 1 heteroatoms. The first kappa shape index (κ1) is 7.73. The highest BCUT2D eigenvalue weighted by Crippen LogP contribution is 2.07. The van der Waals surface area contributed by atoms with E-state index < -0.39 is 0 Å². The van der Waals surface area contributed by atoms with E-state index in [1.165, 1.54) is 6.07 Å². The lowest BCUT2D eigenvalue weighted by molar-refractivity contribution is 0.625. The van der Waals surface area contributed by atoms with Gasteiger partial charge in [0.25, 0.3) is 0 Å². The van der Waals surface area contributed by atoms with E-state index in [9.17, 15) is 4.39 Å². The van der Waals surface area contributed by atoms with Crippen molar-refractivity contribution in [1.29, 1.82) is 0 Å². The smallest absolute Gasteiger partial charge is 0.130 e. The van der Waals surface area contributed by atoms with Crippen LogP contribution < -0.4 is 0 Å². The molecule has 0 aliphatic carbocycles. The van der Waals surface area contributed by atoms with E-state index in [-0.39, 0.29) is 5.82 Å². The second kappa shape index (κ2) is 3.71. The fourth-order valence-electron chi connectivity index (χ4n) is 0.782. The molecule has 1 aromatic carbocycles. The molecule has 0 amide bonds. The van der Waals surface area contributed by atoms with Crippen molar-refractivity contribution in [2.24, 2.45) is 0 Å². The van der Waals surface area contributed by atoms with E-state index in [0.717, 1.165) is 0 Å². The van der Waals surface area contributed by atoms with E-state index in [1.54, 1.807) is 36.4 Å². The quantitative estimate of drug-likeness (QED) is 0.565. The molecule has 0 saturated carbocycles. The second-order valence-corrected chi connectivity index (χ2v) is 2.12. The van der Waals surface area contributed by atoms with Gasteiger partial charge in [-0.05, 0) is 6.07 Å². The zero-order chi connectivity index (χ0) is 8.10. The molecule has 11 heavy (non-hydrogen) atoms. The first-order valence-electron chi connectivity index (χ1n) is 3.38. The average molecular weight is 148 g/mol. The molecule has 0 unspecified atom stereocenters. The number of allylic oxidation sites excluding steroid dienone is 2. The Balaban J connectivity index is 2.94. The van der Waals surface area contributed by atoms with Gasteiger partial charge >= 0.3 is 0 Å². The van der Waals surface area contributed by atoms with Crippen LogP contribution in [0.4, 0.5) is 4.39 Å². The Morgan fingerprint density at radius 1 is 1.27 bits per heavy atom. The van der Waals surface area contributed by atoms with Crippen LogP contribution >= 0.6 is 0 Å². The van der Waals surface area contributed by atoms with Crippen molar-refractivity contribution >= 4 is 6.08 Å². The summed E-state index contributed by atoms with van der Waals surface area (Å²) in [6.45, 7) is 3.50. The van der Waals surface area contributed by atoms with Crippen molar-refractivity contribution in [3.8, 4) is 0 Å². The molecular formula is C10H9F. The van der Waals surface area contributed by atoms with Crippen LogP contribution in [0, 0.1) is 5.82 Å². The second-order valence-electron chi connectivity index (χ2n) is 2.12. The first-order chi connectivity index (χ1) is 5.34. The zero-order valence-electron chi connectivity index (χ0n) is 6.13. The molecule has 1 aromatic rings. The summed E-state index contributed by atoms with van der Waals surface area (Å²) in [5.74, 6) is -0.203. The van der Waals surface area contributed by atoms with Crippen molar-refractivity contribution in [2.45, 2.75) is 0 Å². The summed E-state index contributed by atoms with van der Waals surface area (Å²) in [5, 5.41) is 0. The lowest BCUT2D eigenvalue weighted by Gasteiger charge is -1.92. The highest BCUT2D eigenvalue weighted by Gasteiger charge is 1.92. The van der Waals surface area contributed by atoms with E-state index in [1.807, 2.05) is 0 Å². The lowest BCUT2D eigenvalue weighted by Crippen LogP contribution is -1.77. The molecule has 0 fully saturated rings. The van der Waals surface area contributed by atoms with E-state index in [4.69, 9.17) is 0 Å². The van der Waals surface area contributed by atoms with E-state index in [0.29, 0.717) is 5.56 Å². The molecule has 1 rings (SSSR count). The number of benzene rings is 1. The first-order valence-corrected chi connectivity index (χ1v) is 3.38. The maximum Gasteiger partial charge on any atom is 0.130 e. The molecule has 0 nitrogen and oxygen atoms in total. The SMILES string of the molecule is C=C/C=C\c1ccccc1F. The fourth-order valence-corrected chi connectivity index (χ4v) is 0.782. The summed E-state index contributed by atoms with van der Waals surface area (Å²) in [6, 6.07) is 6.62. The Bertz CT molecular complexity index is 274. The Morgan fingerprint density at radius 3 is 2.64 bits per heavy atom. The third-order valence-corrected chi connectivity index (χ3v) is 1.32. The summed E-state index contributed by atoms with van der Waals surface area (Å²) in [7, 11) is 0. The molecule has 0 spiro atoms. The van der Waals surface area contributed by atoms with Crippen LogP contribution in [0.5, 0.6) is 0 Å². The predicted molar refractivity (Wildman–Crippen MR) is 45.6 cm³/mol. The summed E-state index contributed by atoms with van der Waals surface area (Å²) < 4.78 is 12.8. The predicted octanol–water partition coefficient (Wildman–Crippen LogP) is 3.02. The van der Waals surface area contributed by atoms with Gasteiger partial charge in [0.2, 0.25) is 0 Å². The molecule has 0 radical (unpaired) electrons. The van der Waals surface area contributed by atoms with Crippen LogP contribution in [0.25, 0.3) is 6.08 Å². The normalized spacial score (nSPS) is 10.3. The summed E-state index contributed by atoms with van der Waals surface area (Å²) in [4.78, 5) is 0.